The monoisotopic (exact) mass is 629 g/mol. The van der Waals surface area contributed by atoms with Crippen molar-refractivity contribution in [2.24, 2.45) is 5.41 Å². The van der Waals surface area contributed by atoms with Crippen LogP contribution >= 0.6 is 0 Å². The molecule has 1 aromatic carbocycles. The summed E-state index contributed by atoms with van der Waals surface area (Å²) in [7, 11) is 4.35. The molecule has 0 fully saturated rings. The van der Waals surface area contributed by atoms with E-state index in [4.69, 9.17) is 0 Å². The summed E-state index contributed by atoms with van der Waals surface area (Å²) in [5, 5.41) is 0. The van der Waals surface area contributed by atoms with Gasteiger partial charge in [-0.2, -0.15) is 7.05 Å². The molecule has 0 aliphatic rings. The molecule has 0 N–H and O–H groups in total. The summed E-state index contributed by atoms with van der Waals surface area (Å²) >= 11 is 0. The minimum Gasteiger partial charge on any atom is -0.469 e. The van der Waals surface area contributed by atoms with Gasteiger partial charge in [0.15, 0.2) is 0 Å². The maximum Gasteiger partial charge on any atom is 0.0585 e. The van der Waals surface area contributed by atoms with E-state index < -0.39 is 0 Å². The molecule has 1 radical (unpaired) electrons. The average Bonchev–Trinajstić information content (AvgIpc) is 2.41. The Hall–Kier alpha value is 0.946. The van der Waals surface area contributed by atoms with Gasteiger partial charge in [0.1, 0.15) is 0 Å². The van der Waals surface area contributed by atoms with Crippen molar-refractivity contribution in [2.75, 3.05) is 19.6 Å². The predicted molar refractivity (Wildman–Crippen MR) is 101 cm³/mol. The van der Waals surface area contributed by atoms with Gasteiger partial charge in [-0.1, -0.05) is 42.0 Å². The summed E-state index contributed by atoms with van der Waals surface area (Å²) in [6.07, 6.45) is 5.36. The molecule has 0 saturated carbocycles. The normalized spacial score (nSPS) is 12.6. The molecule has 0 aliphatic heterocycles. The quantitative estimate of drug-likeness (QED) is 0.285. The van der Waals surface area contributed by atoms with Crippen LogP contribution in [-0.2, 0) is 32.7 Å². The molecule has 1 rings (SSSR count). The molecular weight excluding hydrogens is 593 g/mol. The molecule has 0 saturated heterocycles. The van der Waals surface area contributed by atoms with Gasteiger partial charge in [0.25, 0.3) is 0 Å². The second-order valence-electron chi connectivity index (χ2n) is 6.54. The van der Waals surface area contributed by atoms with Crippen LogP contribution in [0.2, 0.25) is 0 Å². The van der Waals surface area contributed by atoms with E-state index in [1.54, 1.807) is 0 Å². The van der Waals surface area contributed by atoms with Crippen molar-refractivity contribution in [3.05, 3.63) is 55.4 Å². The molecule has 0 heterocycles. The summed E-state index contributed by atoms with van der Waals surface area (Å²) in [5.74, 6) is 0. The van der Waals surface area contributed by atoms with Crippen LogP contribution in [0.5, 0.6) is 0 Å². The predicted octanol–water partition coefficient (Wildman–Crippen LogP) is 5.82. The van der Waals surface area contributed by atoms with Gasteiger partial charge in [0.05, 0.1) is 13.1 Å². The molecule has 0 amide bonds. The number of benzene rings is 1. The topological polar surface area (TPSA) is 0 Å². The van der Waals surface area contributed by atoms with Crippen LogP contribution in [0.4, 0.5) is 0 Å². The number of hydrogen-bond donors (Lipinski definition) is 0. The fourth-order valence-corrected chi connectivity index (χ4v) is 2.19. The maximum absolute atomic E-state index is 4.35. The first kappa shape index (κ1) is 32.6. The second kappa shape index (κ2) is 16.1. The molecule has 1 nitrogen and oxygen atoms in total. The van der Waals surface area contributed by atoms with Crippen LogP contribution in [0, 0.1) is 62.6 Å². The van der Waals surface area contributed by atoms with Crippen LogP contribution < -0.4 is 0 Å². The molecular formula is C21H36NUY-3. The molecule has 1 unspecified atom stereocenters. The van der Waals surface area contributed by atoms with Crippen molar-refractivity contribution in [3.8, 4) is 0 Å². The molecule has 1 aromatic rings. The molecule has 0 bridgehead atoms. The maximum atomic E-state index is 4.35. The van der Waals surface area contributed by atoms with Gasteiger partial charge >= 0.3 is 0 Å². The van der Waals surface area contributed by atoms with Gasteiger partial charge in [-0.3, -0.25) is 29.8 Å². The number of nitrogens with zero attached hydrogens (tertiary/aromatic N) is 1. The zero-order chi connectivity index (χ0) is 16.5. The van der Waals surface area contributed by atoms with Crippen LogP contribution in [0.15, 0.2) is 18.2 Å². The number of rotatable bonds is 5. The Labute approximate surface area is 201 Å². The van der Waals surface area contributed by atoms with Crippen LogP contribution in [0.3, 0.4) is 0 Å². The molecule has 0 spiro atoms. The van der Waals surface area contributed by atoms with Crippen molar-refractivity contribution in [3.63, 3.8) is 0 Å². The van der Waals surface area contributed by atoms with Crippen LogP contribution in [-0.4, -0.2) is 24.1 Å². The smallest absolute Gasteiger partial charge is 0.0585 e. The largest absolute Gasteiger partial charge is 0.469 e. The first-order valence-electron chi connectivity index (χ1n) is 7.85. The third-order valence-corrected chi connectivity index (χ3v) is 3.07. The minimum atomic E-state index is 0. The molecule has 3 heteroatoms. The van der Waals surface area contributed by atoms with Crippen molar-refractivity contribution in [1.82, 2.24) is 0 Å². The SMILES string of the molecule is C.CC.[CH2-]c1c[c-]c(C=[C-]C[N+]([CH2-])(CC)CC(C)(C)C)cc1.[U].[Y]. The number of quaternary nitrogens is 1. The van der Waals surface area contributed by atoms with Gasteiger partial charge in [-0.05, 0) is 13.5 Å². The van der Waals surface area contributed by atoms with E-state index in [1.165, 1.54) is 0 Å². The van der Waals surface area contributed by atoms with Gasteiger partial charge < -0.3 is 22.2 Å². The van der Waals surface area contributed by atoms with Crippen molar-refractivity contribution >= 4 is 6.08 Å². The van der Waals surface area contributed by atoms with Crippen molar-refractivity contribution < 1.29 is 68.3 Å². The van der Waals surface area contributed by atoms with Crippen molar-refractivity contribution in [1.29, 1.82) is 0 Å². The van der Waals surface area contributed by atoms with E-state index in [-0.39, 0.29) is 76.7 Å². The van der Waals surface area contributed by atoms with Gasteiger partial charge in [0, 0.05) is 69.2 Å². The molecule has 0 aromatic heterocycles. The average molecular weight is 629 g/mol. The van der Waals surface area contributed by atoms with E-state index in [1.807, 2.05) is 38.1 Å². The van der Waals surface area contributed by atoms with E-state index in [2.05, 4.69) is 53.8 Å². The van der Waals surface area contributed by atoms with E-state index in [0.29, 0.717) is 0 Å². The first-order chi connectivity index (χ1) is 9.74. The van der Waals surface area contributed by atoms with E-state index in [9.17, 15) is 0 Å². The molecule has 135 valence electrons. The third-order valence-electron chi connectivity index (χ3n) is 3.07. The molecule has 24 heavy (non-hydrogen) atoms. The second-order valence-corrected chi connectivity index (χ2v) is 6.54. The van der Waals surface area contributed by atoms with Crippen molar-refractivity contribution in [2.45, 2.75) is 49.0 Å². The zero-order valence-corrected chi connectivity index (χ0v) is 22.9. The van der Waals surface area contributed by atoms with E-state index in [0.717, 1.165) is 35.2 Å². The summed E-state index contributed by atoms with van der Waals surface area (Å²) in [6, 6.07) is 9.09. The Kier molecular flexibility index (Phi) is 21.9. The minimum absolute atomic E-state index is 0. The Morgan fingerprint density at radius 2 is 1.79 bits per heavy atom. The number of likely N-dealkylation sites (N-methyl/N-ethyl adjacent to an activating group) is 1. The first-order valence-corrected chi connectivity index (χ1v) is 7.85. The summed E-state index contributed by atoms with van der Waals surface area (Å²) in [4.78, 5) is 0. The zero-order valence-electron chi connectivity index (χ0n) is 15.9. The standard InChI is InChI=1S/C18H26N.C2H6.CH4.U.Y/c1-7-19(6,15-18(3,4)5)14-8-9-17-12-10-16(2)11-13-17;1-2;;;/h9-12H,2,6-7,14-15H2,1,3-5H3;1-2H3;1H4;;/q-3;;;;. The molecule has 1 atom stereocenters. The summed E-state index contributed by atoms with van der Waals surface area (Å²) < 4.78 is 0.771. The Morgan fingerprint density at radius 1 is 1.25 bits per heavy atom. The summed E-state index contributed by atoms with van der Waals surface area (Å²) in [5.41, 5.74) is 2.31. The van der Waals surface area contributed by atoms with Gasteiger partial charge in [-0.15, -0.1) is 0 Å². The Morgan fingerprint density at radius 3 is 2.17 bits per heavy atom. The Balaban J connectivity index is -0.000000385. The van der Waals surface area contributed by atoms with E-state index >= 15 is 0 Å². The van der Waals surface area contributed by atoms with Crippen LogP contribution in [0.1, 0.15) is 60.1 Å². The fourth-order valence-electron chi connectivity index (χ4n) is 2.19. The van der Waals surface area contributed by atoms with Gasteiger partial charge in [-0.25, -0.2) is 6.92 Å². The fraction of sp³-hybridized carbons (Fsp3) is 0.524. The Bertz CT molecular complexity index is 420. The van der Waals surface area contributed by atoms with Gasteiger partial charge in [0.2, 0.25) is 0 Å². The van der Waals surface area contributed by atoms with Crippen LogP contribution in [0.25, 0.3) is 6.08 Å². The number of hydrogen-bond acceptors (Lipinski definition) is 0. The molecule has 0 aliphatic carbocycles. The third kappa shape index (κ3) is 15.2. The summed E-state index contributed by atoms with van der Waals surface area (Å²) in [6.45, 7) is 19.7.